The van der Waals surface area contributed by atoms with Crippen molar-refractivity contribution in [1.29, 1.82) is 0 Å². The van der Waals surface area contributed by atoms with E-state index in [0.29, 0.717) is 11.7 Å². The molecule has 0 aromatic carbocycles. The van der Waals surface area contributed by atoms with Crippen LogP contribution in [0.2, 0.25) is 0 Å². The fraction of sp³-hybridized carbons (Fsp3) is 0.500. The van der Waals surface area contributed by atoms with Crippen molar-refractivity contribution in [3.63, 3.8) is 0 Å². The lowest BCUT2D eigenvalue weighted by molar-refractivity contribution is 0.308. The normalized spacial score (nSPS) is 24.3. The Labute approximate surface area is 91.7 Å². The number of rotatable bonds is 2. The molecule has 0 spiro atoms. The summed E-state index contributed by atoms with van der Waals surface area (Å²) >= 11 is 0. The first-order valence-electron chi connectivity index (χ1n) is 5.43. The number of hydrogen-bond acceptors (Lipinski definition) is 4. The monoisotopic (exact) mass is 219 g/mol. The minimum absolute atomic E-state index is 0.305. The first kappa shape index (κ1) is 9.38. The van der Waals surface area contributed by atoms with Crippen molar-refractivity contribution >= 4 is 11.5 Å². The molecule has 1 aliphatic rings. The van der Waals surface area contributed by atoms with Gasteiger partial charge in [-0.1, -0.05) is 6.92 Å². The summed E-state index contributed by atoms with van der Waals surface area (Å²) < 4.78 is 1.27. The van der Waals surface area contributed by atoms with Crippen molar-refractivity contribution in [2.24, 2.45) is 5.92 Å². The minimum Gasteiger partial charge on any atom is -0.366 e. The van der Waals surface area contributed by atoms with Crippen LogP contribution in [0.3, 0.4) is 0 Å². The molecule has 0 aliphatic heterocycles. The fourth-order valence-electron chi connectivity index (χ4n) is 2.11. The molecule has 2 heterocycles. The average molecular weight is 219 g/mol. The third kappa shape index (κ3) is 1.46. The average Bonchev–Trinajstić information content (AvgIpc) is 2.58. The maximum atomic E-state index is 11.3. The SMILES string of the molecule is CC1CC(Nc2ccc3n[nH]c(=O)n3n2)C1. The Hall–Kier alpha value is -1.85. The third-order valence-electron chi connectivity index (χ3n) is 3.00. The Morgan fingerprint density at radius 1 is 1.50 bits per heavy atom. The quantitative estimate of drug-likeness (QED) is 0.776. The topological polar surface area (TPSA) is 75.1 Å². The molecule has 0 saturated heterocycles. The number of anilines is 1. The molecule has 2 aromatic heterocycles. The number of aromatic amines is 1. The molecule has 1 fully saturated rings. The number of hydrogen-bond donors (Lipinski definition) is 2. The lowest BCUT2D eigenvalue weighted by atomic mass is 9.82. The van der Waals surface area contributed by atoms with Crippen molar-refractivity contribution in [2.75, 3.05) is 5.32 Å². The standard InChI is InChI=1S/C10H13N5O/c1-6-4-7(5-6)11-8-2-3-9-12-13-10(16)15(9)14-8/h2-3,6-7H,4-5H2,1H3,(H,11,14)(H,13,16). The zero-order chi connectivity index (χ0) is 11.1. The van der Waals surface area contributed by atoms with Crippen LogP contribution in [-0.2, 0) is 0 Å². The summed E-state index contributed by atoms with van der Waals surface area (Å²) in [6.07, 6.45) is 2.33. The zero-order valence-electron chi connectivity index (χ0n) is 8.97. The molecule has 0 atom stereocenters. The van der Waals surface area contributed by atoms with Crippen molar-refractivity contribution in [3.05, 3.63) is 22.6 Å². The molecule has 1 aliphatic carbocycles. The predicted molar refractivity (Wildman–Crippen MR) is 59.4 cm³/mol. The van der Waals surface area contributed by atoms with Crippen molar-refractivity contribution < 1.29 is 0 Å². The van der Waals surface area contributed by atoms with Gasteiger partial charge < -0.3 is 5.32 Å². The van der Waals surface area contributed by atoms with E-state index in [1.54, 1.807) is 6.07 Å². The van der Waals surface area contributed by atoms with Gasteiger partial charge in [0, 0.05) is 6.04 Å². The summed E-state index contributed by atoms with van der Waals surface area (Å²) in [7, 11) is 0. The summed E-state index contributed by atoms with van der Waals surface area (Å²) in [5, 5.41) is 13.7. The third-order valence-corrected chi connectivity index (χ3v) is 3.00. The molecular formula is C10H13N5O. The summed E-state index contributed by atoms with van der Waals surface area (Å²) in [5.74, 6) is 1.52. The molecular weight excluding hydrogens is 206 g/mol. The maximum absolute atomic E-state index is 11.3. The maximum Gasteiger partial charge on any atom is 0.364 e. The molecule has 1 saturated carbocycles. The highest BCUT2D eigenvalue weighted by molar-refractivity contribution is 5.43. The van der Waals surface area contributed by atoms with Crippen molar-refractivity contribution in [1.82, 2.24) is 19.8 Å². The Kier molecular flexibility index (Phi) is 1.95. The number of nitrogens with zero attached hydrogens (tertiary/aromatic N) is 3. The second-order valence-electron chi connectivity index (χ2n) is 4.44. The van der Waals surface area contributed by atoms with E-state index < -0.39 is 0 Å². The van der Waals surface area contributed by atoms with E-state index in [9.17, 15) is 4.79 Å². The van der Waals surface area contributed by atoms with Crippen LogP contribution < -0.4 is 11.0 Å². The van der Waals surface area contributed by atoms with E-state index in [0.717, 1.165) is 11.7 Å². The van der Waals surface area contributed by atoms with E-state index in [-0.39, 0.29) is 5.69 Å². The molecule has 0 amide bonds. The van der Waals surface area contributed by atoms with Crippen LogP contribution in [0.5, 0.6) is 0 Å². The van der Waals surface area contributed by atoms with E-state index in [2.05, 4.69) is 27.5 Å². The Morgan fingerprint density at radius 3 is 3.06 bits per heavy atom. The van der Waals surface area contributed by atoms with E-state index >= 15 is 0 Å². The summed E-state index contributed by atoms with van der Waals surface area (Å²) in [6.45, 7) is 2.23. The number of aromatic nitrogens is 4. The fourth-order valence-corrected chi connectivity index (χ4v) is 2.11. The van der Waals surface area contributed by atoms with Crippen molar-refractivity contribution in [3.8, 4) is 0 Å². The van der Waals surface area contributed by atoms with Gasteiger partial charge in [0.15, 0.2) is 5.65 Å². The minimum atomic E-state index is -0.305. The first-order chi connectivity index (χ1) is 7.72. The largest absolute Gasteiger partial charge is 0.366 e. The molecule has 0 bridgehead atoms. The highest BCUT2D eigenvalue weighted by Crippen LogP contribution is 2.28. The molecule has 3 rings (SSSR count). The van der Waals surface area contributed by atoms with Crippen LogP contribution in [0.4, 0.5) is 5.82 Å². The zero-order valence-corrected chi connectivity index (χ0v) is 8.97. The van der Waals surface area contributed by atoms with E-state index in [1.165, 1.54) is 17.4 Å². The van der Waals surface area contributed by atoms with Gasteiger partial charge in [-0.3, -0.25) is 0 Å². The highest BCUT2D eigenvalue weighted by Gasteiger charge is 2.25. The first-order valence-corrected chi connectivity index (χ1v) is 5.43. The van der Waals surface area contributed by atoms with Gasteiger partial charge in [-0.05, 0) is 30.9 Å². The Morgan fingerprint density at radius 2 is 2.31 bits per heavy atom. The second-order valence-corrected chi connectivity index (χ2v) is 4.44. The molecule has 6 nitrogen and oxygen atoms in total. The lowest BCUT2D eigenvalue weighted by Gasteiger charge is -2.33. The molecule has 2 N–H and O–H groups in total. The van der Waals surface area contributed by atoms with Crippen LogP contribution in [0.1, 0.15) is 19.8 Å². The number of H-pyrrole nitrogens is 1. The molecule has 0 radical (unpaired) electrons. The van der Waals surface area contributed by atoms with Gasteiger partial charge in [-0.15, -0.1) is 5.10 Å². The lowest BCUT2D eigenvalue weighted by Crippen LogP contribution is -2.34. The Bertz CT molecular complexity index is 566. The van der Waals surface area contributed by atoms with Gasteiger partial charge in [-0.2, -0.15) is 9.61 Å². The van der Waals surface area contributed by atoms with E-state index in [1.807, 2.05) is 6.07 Å². The smallest absolute Gasteiger partial charge is 0.364 e. The predicted octanol–water partition coefficient (Wildman–Crippen LogP) is 0.628. The molecule has 2 aromatic rings. The van der Waals surface area contributed by atoms with Gasteiger partial charge in [0.25, 0.3) is 0 Å². The van der Waals surface area contributed by atoms with Crippen LogP contribution in [0, 0.1) is 5.92 Å². The number of nitrogens with one attached hydrogen (secondary N) is 2. The van der Waals surface area contributed by atoms with Gasteiger partial charge in [0.1, 0.15) is 5.82 Å². The van der Waals surface area contributed by atoms with Crippen LogP contribution in [0.15, 0.2) is 16.9 Å². The van der Waals surface area contributed by atoms with Crippen LogP contribution >= 0.6 is 0 Å². The summed E-state index contributed by atoms with van der Waals surface area (Å²) in [4.78, 5) is 11.3. The Balaban J connectivity index is 1.87. The number of fused-ring (bicyclic) bond motifs is 1. The second kappa shape index (κ2) is 3.33. The van der Waals surface area contributed by atoms with Gasteiger partial charge in [0.05, 0.1) is 0 Å². The van der Waals surface area contributed by atoms with Gasteiger partial charge >= 0.3 is 5.69 Å². The summed E-state index contributed by atoms with van der Waals surface area (Å²) in [5.41, 5.74) is 0.234. The van der Waals surface area contributed by atoms with Crippen LogP contribution in [-0.4, -0.2) is 25.9 Å². The van der Waals surface area contributed by atoms with Crippen molar-refractivity contribution in [2.45, 2.75) is 25.8 Å². The molecule has 0 unspecified atom stereocenters. The molecule has 16 heavy (non-hydrogen) atoms. The molecule has 6 heteroatoms. The summed E-state index contributed by atoms with van der Waals surface area (Å²) in [6, 6.07) is 4.11. The molecule has 84 valence electrons. The van der Waals surface area contributed by atoms with Crippen LogP contribution in [0.25, 0.3) is 5.65 Å². The van der Waals surface area contributed by atoms with Gasteiger partial charge in [0.2, 0.25) is 0 Å². The van der Waals surface area contributed by atoms with E-state index in [4.69, 9.17) is 0 Å². The van der Waals surface area contributed by atoms with Gasteiger partial charge in [-0.25, -0.2) is 9.89 Å². The highest BCUT2D eigenvalue weighted by atomic mass is 16.2.